The molecule has 1 rings (SSSR count). The predicted octanol–water partition coefficient (Wildman–Crippen LogP) is 4.07. The Kier molecular flexibility index (Phi) is 6.62. The Hall–Kier alpha value is -1.33. The zero-order valence-electron chi connectivity index (χ0n) is 14.6. The number of benzene rings is 1. The number of rotatable bonds is 6. The molecule has 4 nitrogen and oxygen atoms in total. The fraction of sp³-hybridized carbons (Fsp3) is 0.588. The maximum absolute atomic E-state index is 12.1. The Morgan fingerprint density at radius 3 is 2.23 bits per heavy atom. The predicted molar refractivity (Wildman–Crippen MR) is 92.2 cm³/mol. The highest BCUT2D eigenvalue weighted by Gasteiger charge is 2.33. The molecule has 0 aliphatic carbocycles. The molecule has 0 radical (unpaired) electrons. The molecule has 1 aromatic carbocycles. The number of hydrogen-bond donors (Lipinski definition) is 1. The summed E-state index contributed by atoms with van der Waals surface area (Å²) in [6.45, 7) is 12.8. The molecular formula is C17H29NO3Si. The van der Waals surface area contributed by atoms with Crippen molar-refractivity contribution in [3.8, 4) is 0 Å². The van der Waals surface area contributed by atoms with Crippen LogP contribution in [0.5, 0.6) is 0 Å². The standard InChI is InChI=1S/C17H29NO3Si/c1-16(2,3)13-17(4,21-22(5)6)18-15(19)20-12-14-10-8-7-9-11-14/h7-11,22H,12-13H2,1-6H3,(H,18,19). The van der Waals surface area contributed by atoms with Crippen molar-refractivity contribution in [3.63, 3.8) is 0 Å². The molecule has 0 aromatic heterocycles. The summed E-state index contributed by atoms with van der Waals surface area (Å²) in [5.74, 6) is 0. The Bertz CT molecular complexity index is 471. The second-order valence-corrected chi connectivity index (χ2v) is 9.65. The van der Waals surface area contributed by atoms with Crippen molar-refractivity contribution in [2.75, 3.05) is 0 Å². The van der Waals surface area contributed by atoms with Gasteiger partial charge < -0.3 is 9.16 Å². The van der Waals surface area contributed by atoms with E-state index in [1.165, 1.54) is 0 Å². The average molecular weight is 324 g/mol. The summed E-state index contributed by atoms with van der Waals surface area (Å²) in [6.07, 6.45) is 0.288. The largest absolute Gasteiger partial charge is 0.445 e. The minimum absolute atomic E-state index is 0.0464. The van der Waals surface area contributed by atoms with Gasteiger partial charge in [0.2, 0.25) is 0 Å². The van der Waals surface area contributed by atoms with Gasteiger partial charge in [-0.3, -0.25) is 5.32 Å². The molecular weight excluding hydrogens is 294 g/mol. The fourth-order valence-corrected chi connectivity index (χ4v) is 3.81. The maximum Gasteiger partial charge on any atom is 0.409 e. The molecule has 22 heavy (non-hydrogen) atoms. The maximum atomic E-state index is 12.1. The van der Waals surface area contributed by atoms with E-state index >= 15 is 0 Å². The Balaban J connectivity index is 2.62. The van der Waals surface area contributed by atoms with Crippen LogP contribution in [0, 0.1) is 5.41 Å². The third-order valence-electron chi connectivity index (χ3n) is 2.94. The second-order valence-electron chi connectivity index (χ2n) is 7.32. The van der Waals surface area contributed by atoms with Crippen LogP contribution in [0.15, 0.2) is 30.3 Å². The molecule has 124 valence electrons. The van der Waals surface area contributed by atoms with Crippen molar-refractivity contribution in [2.45, 2.75) is 59.5 Å². The van der Waals surface area contributed by atoms with Gasteiger partial charge in [0.15, 0.2) is 9.04 Å². The highest BCUT2D eigenvalue weighted by atomic mass is 28.3. The number of ether oxygens (including phenoxy) is 1. The van der Waals surface area contributed by atoms with E-state index in [9.17, 15) is 4.79 Å². The molecule has 0 fully saturated rings. The summed E-state index contributed by atoms with van der Waals surface area (Å²) in [4.78, 5) is 12.1. The second kappa shape index (κ2) is 7.79. The van der Waals surface area contributed by atoms with Gasteiger partial charge >= 0.3 is 6.09 Å². The third kappa shape index (κ3) is 7.61. The summed E-state index contributed by atoms with van der Waals surface area (Å²) >= 11 is 0. The van der Waals surface area contributed by atoms with Crippen molar-refractivity contribution in [1.29, 1.82) is 0 Å². The van der Waals surface area contributed by atoms with Gasteiger partial charge in [0.25, 0.3) is 0 Å². The molecule has 1 N–H and O–H groups in total. The minimum Gasteiger partial charge on any atom is -0.445 e. The minimum atomic E-state index is -1.29. The lowest BCUT2D eigenvalue weighted by Gasteiger charge is -2.37. The molecule has 0 heterocycles. The van der Waals surface area contributed by atoms with Gasteiger partial charge in [-0.15, -0.1) is 0 Å². The van der Waals surface area contributed by atoms with Crippen LogP contribution in [0.2, 0.25) is 13.1 Å². The van der Waals surface area contributed by atoms with Crippen LogP contribution in [-0.2, 0) is 15.8 Å². The van der Waals surface area contributed by atoms with Gasteiger partial charge in [0.1, 0.15) is 12.3 Å². The number of carbonyl (C=O) groups excluding carboxylic acids is 1. The topological polar surface area (TPSA) is 47.6 Å². The number of hydrogen-bond acceptors (Lipinski definition) is 3. The van der Waals surface area contributed by atoms with Crippen molar-refractivity contribution < 1.29 is 14.0 Å². The van der Waals surface area contributed by atoms with Crippen LogP contribution in [0.1, 0.15) is 39.7 Å². The van der Waals surface area contributed by atoms with Gasteiger partial charge in [-0.05, 0) is 37.4 Å². The molecule has 5 heteroatoms. The van der Waals surface area contributed by atoms with Crippen LogP contribution in [0.3, 0.4) is 0 Å². The highest BCUT2D eigenvalue weighted by Crippen LogP contribution is 2.28. The van der Waals surface area contributed by atoms with E-state index in [1.54, 1.807) is 0 Å². The first-order chi connectivity index (χ1) is 10.1. The van der Waals surface area contributed by atoms with Crippen LogP contribution < -0.4 is 5.32 Å². The summed E-state index contributed by atoms with van der Waals surface area (Å²) in [5, 5.41) is 2.90. The molecule has 0 aliphatic heterocycles. The zero-order valence-corrected chi connectivity index (χ0v) is 15.8. The Labute approximate surface area is 135 Å². The molecule has 1 atom stereocenters. The van der Waals surface area contributed by atoms with Crippen LogP contribution in [-0.4, -0.2) is 20.9 Å². The van der Waals surface area contributed by atoms with E-state index < -0.39 is 20.9 Å². The first-order valence-electron chi connectivity index (χ1n) is 7.76. The molecule has 0 bridgehead atoms. The summed E-state index contributed by atoms with van der Waals surface area (Å²) in [7, 11) is -1.29. The summed E-state index contributed by atoms with van der Waals surface area (Å²) in [5.41, 5.74) is 0.325. The molecule has 1 aromatic rings. The quantitative estimate of drug-likeness (QED) is 0.634. The van der Waals surface area contributed by atoms with Gasteiger partial charge in [-0.1, -0.05) is 51.1 Å². The molecule has 0 spiro atoms. The van der Waals surface area contributed by atoms with Gasteiger partial charge in [-0.25, -0.2) is 4.79 Å². The average Bonchev–Trinajstić information content (AvgIpc) is 2.33. The fourth-order valence-electron chi connectivity index (χ4n) is 2.62. The van der Waals surface area contributed by atoms with Crippen LogP contribution in [0.4, 0.5) is 4.79 Å². The number of alkyl carbamates (subject to hydrolysis) is 1. The van der Waals surface area contributed by atoms with Crippen molar-refractivity contribution in [3.05, 3.63) is 35.9 Å². The molecule has 1 amide bonds. The van der Waals surface area contributed by atoms with E-state index in [1.807, 2.05) is 37.3 Å². The monoisotopic (exact) mass is 323 g/mol. The van der Waals surface area contributed by atoms with Crippen molar-refractivity contribution in [1.82, 2.24) is 5.32 Å². The summed E-state index contributed by atoms with van der Waals surface area (Å²) in [6, 6.07) is 9.64. The SMILES string of the molecule is C[SiH](C)OC(C)(CC(C)(C)C)NC(=O)OCc1ccccc1. The number of nitrogens with one attached hydrogen (secondary N) is 1. The lowest BCUT2D eigenvalue weighted by Crippen LogP contribution is -2.52. The molecule has 1 unspecified atom stereocenters. The van der Waals surface area contributed by atoms with E-state index in [0.717, 1.165) is 12.0 Å². The third-order valence-corrected chi connectivity index (χ3v) is 3.93. The molecule has 0 saturated carbocycles. The van der Waals surface area contributed by atoms with Crippen molar-refractivity contribution >= 4 is 15.1 Å². The van der Waals surface area contributed by atoms with Crippen LogP contribution >= 0.6 is 0 Å². The first-order valence-corrected chi connectivity index (χ1v) is 10.5. The van der Waals surface area contributed by atoms with Crippen molar-refractivity contribution in [2.24, 2.45) is 5.41 Å². The van der Waals surface area contributed by atoms with Gasteiger partial charge in [0.05, 0.1) is 0 Å². The van der Waals surface area contributed by atoms with Crippen LogP contribution in [0.25, 0.3) is 0 Å². The highest BCUT2D eigenvalue weighted by molar-refractivity contribution is 6.48. The van der Waals surface area contributed by atoms with Gasteiger partial charge in [0, 0.05) is 0 Å². The van der Waals surface area contributed by atoms with Gasteiger partial charge in [-0.2, -0.15) is 0 Å². The Morgan fingerprint density at radius 2 is 1.73 bits per heavy atom. The van der Waals surface area contributed by atoms with E-state index in [0.29, 0.717) is 0 Å². The zero-order chi connectivity index (χ0) is 16.8. The lowest BCUT2D eigenvalue weighted by molar-refractivity contribution is 0.00784. The molecule has 0 aliphatic rings. The summed E-state index contributed by atoms with van der Waals surface area (Å²) < 4.78 is 11.4. The van der Waals surface area contributed by atoms with E-state index in [4.69, 9.17) is 9.16 Å². The Morgan fingerprint density at radius 1 is 1.14 bits per heavy atom. The smallest absolute Gasteiger partial charge is 0.409 e. The first kappa shape index (κ1) is 18.7. The lowest BCUT2D eigenvalue weighted by atomic mass is 9.87. The molecule has 0 saturated heterocycles. The van der Waals surface area contributed by atoms with E-state index in [-0.39, 0.29) is 12.0 Å². The normalized spacial score (nSPS) is 14.5. The van der Waals surface area contributed by atoms with E-state index in [2.05, 4.69) is 39.2 Å². The number of carbonyl (C=O) groups is 1. The number of amides is 1.